The maximum absolute atomic E-state index is 13.2. The Morgan fingerprint density at radius 1 is 0.892 bits per heavy atom. The first-order valence-corrected chi connectivity index (χ1v) is 14.9. The van der Waals surface area contributed by atoms with E-state index < -0.39 is 0 Å². The second kappa shape index (κ2) is 10.9. The number of aryl methyl sites for hydroxylation is 1. The molecule has 0 radical (unpaired) electrons. The van der Waals surface area contributed by atoms with Crippen LogP contribution in [-0.2, 0) is 7.05 Å². The maximum Gasteiger partial charge on any atom is 0.272 e. The SMILES string of the molecule is Cn1nc(C(=O)NC2CCN(CCN3CCC4(CCC4)CC3)CC2)c2ccc(N3CCCCCC3)nc21. The van der Waals surface area contributed by atoms with E-state index in [1.54, 1.807) is 4.68 Å². The summed E-state index contributed by atoms with van der Waals surface area (Å²) in [6.07, 6.45) is 14.3. The molecule has 4 aliphatic rings. The zero-order valence-electron chi connectivity index (χ0n) is 22.8. The van der Waals surface area contributed by atoms with Gasteiger partial charge in [-0.1, -0.05) is 19.3 Å². The Hall–Kier alpha value is -2.19. The minimum Gasteiger partial charge on any atom is -0.357 e. The molecule has 1 aliphatic carbocycles. The van der Waals surface area contributed by atoms with E-state index in [0.717, 1.165) is 67.8 Å². The molecule has 6 rings (SSSR count). The van der Waals surface area contributed by atoms with Crippen molar-refractivity contribution >= 4 is 22.8 Å². The molecule has 1 N–H and O–H groups in total. The van der Waals surface area contributed by atoms with Gasteiger partial charge in [0.05, 0.1) is 5.39 Å². The molecule has 37 heavy (non-hydrogen) atoms. The van der Waals surface area contributed by atoms with Crippen LogP contribution < -0.4 is 10.2 Å². The molecule has 4 fully saturated rings. The van der Waals surface area contributed by atoms with Gasteiger partial charge in [-0.2, -0.15) is 5.10 Å². The van der Waals surface area contributed by atoms with Crippen molar-refractivity contribution in [2.75, 3.05) is 57.3 Å². The molecule has 202 valence electrons. The number of nitrogens with zero attached hydrogens (tertiary/aromatic N) is 6. The Kier molecular flexibility index (Phi) is 7.39. The number of hydrogen-bond donors (Lipinski definition) is 1. The molecule has 1 amide bonds. The van der Waals surface area contributed by atoms with Crippen molar-refractivity contribution in [1.29, 1.82) is 0 Å². The molecule has 0 aromatic carbocycles. The highest BCUT2D eigenvalue weighted by atomic mass is 16.2. The number of carbonyl (C=O) groups excluding carboxylic acids is 1. The highest BCUT2D eigenvalue weighted by Gasteiger charge is 2.39. The highest BCUT2D eigenvalue weighted by Crippen LogP contribution is 2.48. The third-order valence-electron chi connectivity index (χ3n) is 9.80. The van der Waals surface area contributed by atoms with Crippen molar-refractivity contribution < 1.29 is 4.79 Å². The van der Waals surface area contributed by atoms with Crippen molar-refractivity contribution in [2.45, 2.75) is 76.7 Å². The summed E-state index contributed by atoms with van der Waals surface area (Å²) in [6.45, 7) is 9.17. The van der Waals surface area contributed by atoms with Gasteiger partial charge in [-0.3, -0.25) is 4.79 Å². The third kappa shape index (κ3) is 5.51. The number of likely N-dealkylation sites (tertiary alicyclic amines) is 2. The Bertz CT molecular complexity index is 1070. The molecular weight excluding hydrogens is 462 g/mol. The van der Waals surface area contributed by atoms with Gasteiger partial charge >= 0.3 is 0 Å². The summed E-state index contributed by atoms with van der Waals surface area (Å²) in [5, 5.41) is 8.72. The van der Waals surface area contributed by atoms with Gasteiger partial charge in [0.1, 0.15) is 5.82 Å². The van der Waals surface area contributed by atoms with Gasteiger partial charge in [0.2, 0.25) is 0 Å². The van der Waals surface area contributed by atoms with E-state index in [0.29, 0.717) is 5.69 Å². The fourth-order valence-corrected chi connectivity index (χ4v) is 7.03. The van der Waals surface area contributed by atoms with Crippen LogP contribution in [0.4, 0.5) is 5.82 Å². The summed E-state index contributed by atoms with van der Waals surface area (Å²) in [7, 11) is 1.89. The van der Waals surface area contributed by atoms with Crippen molar-refractivity contribution in [3.8, 4) is 0 Å². The van der Waals surface area contributed by atoms with Crippen LogP contribution in [0.5, 0.6) is 0 Å². The Morgan fingerprint density at radius 2 is 1.57 bits per heavy atom. The van der Waals surface area contributed by atoms with Gasteiger partial charge in [0.15, 0.2) is 11.3 Å². The fourth-order valence-electron chi connectivity index (χ4n) is 7.03. The van der Waals surface area contributed by atoms with E-state index in [1.807, 2.05) is 13.1 Å². The number of fused-ring (bicyclic) bond motifs is 1. The summed E-state index contributed by atoms with van der Waals surface area (Å²) in [5.74, 6) is 0.940. The monoisotopic (exact) mass is 507 g/mol. The van der Waals surface area contributed by atoms with Crippen LogP contribution >= 0.6 is 0 Å². The average molecular weight is 508 g/mol. The van der Waals surface area contributed by atoms with Crippen LogP contribution in [0.15, 0.2) is 12.1 Å². The van der Waals surface area contributed by atoms with Crippen LogP contribution in [0.1, 0.15) is 81.1 Å². The maximum atomic E-state index is 13.2. The number of pyridine rings is 1. The average Bonchev–Trinajstić information content (AvgIpc) is 3.06. The molecule has 5 heterocycles. The zero-order chi connectivity index (χ0) is 25.2. The largest absolute Gasteiger partial charge is 0.357 e. The lowest BCUT2D eigenvalue weighted by Crippen LogP contribution is -2.48. The molecule has 0 bridgehead atoms. The van der Waals surface area contributed by atoms with Gasteiger partial charge in [-0.05, 0) is 82.0 Å². The van der Waals surface area contributed by atoms with E-state index >= 15 is 0 Å². The number of amides is 1. The molecule has 3 saturated heterocycles. The van der Waals surface area contributed by atoms with E-state index in [4.69, 9.17) is 4.98 Å². The molecular formula is C29H45N7O. The van der Waals surface area contributed by atoms with Gasteiger partial charge < -0.3 is 20.0 Å². The minimum atomic E-state index is -0.0633. The van der Waals surface area contributed by atoms with E-state index in [2.05, 4.69) is 31.2 Å². The number of hydrogen-bond acceptors (Lipinski definition) is 6. The van der Waals surface area contributed by atoms with Crippen molar-refractivity contribution in [3.05, 3.63) is 17.8 Å². The topological polar surface area (TPSA) is 69.5 Å². The summed E-state index contributed by atoms with van der Waals surface area (Å²) < 4.78 is 1.77. The number of nitrogens with one attached hydrogen (secondary N) is 1. The highest BCUT2D eigenvalue weighted by molar-refractivity contribution is 6.04. The van der Waals surface area contributed by atoms with E-state index in [1.165, 1.54) is 77.4 Å². The second-order valence-electron chi connectivity index (χ2n) is 12.2. The Morgan fingerprint density at radius 3 is 2.22 bits per heavy atom. The second-order valence-corrected chi connectivity index (χ2v) is 12.2. The quantitative estimate of drug-likeness (QED) is 0.641. The van der Waals surface area contributed by atoms with Gasteiger partial charge in [-0.15, -0.1) is 0 Å². The van der Waals surface area contributed by atoms with Gasteiger partial charge in [0.25, 0.3) is 5.91 Å². The number of aromatic nitrogens is 3. The molecule has 3 aliphatic heterocycles. The molecule has 2 aromatic rings. The number of carbonyl (C=O) groups is 1. The van der Waals surface area contributed by atoms with Crippen LogP contribution in [0.25, 0.3) is 11.0 Å². The molecule has 8 heteroatoms. The molecule has 2 aromatic heterocycles. The van der Waals surface area contributed by atoms with Gasteiger partial charge in [0, 0.05) is 52.4 Å². The third-order valence-corrected chi connectivity index (χ3v) is 9.80. The first-order chi connectivity index (χ1) is 18.1. The van der Waals surface area contributed by atoms with E-state index in [9.17, 15) is 4.79 Å². The number of piperidine rings is 2. The zero-order valence-corrected chi connectivity index (χ0v) is 22.8. The summed E-state index contributed by atoms with van der Waals surface area (Å²) in [4.78, 5) is 25.8. The summed E-state index contributed by atoms with van der Waals surface area (Å²) in [5.41, 5.74) is 2.03. The first-order valence-electron chi connectivity index (χ1n) is 14.9. The van der Waals surface area contributed by atoms with Crippen LogP contribution in [0, 0.1) is 5.41 Å². The predicted molar refractivity (Wildman–Crippen MR) is 148 cm³/mol. The normalized spacial score (nSPS) is 23.8. The summed E-state index contributed by atoms with van der Waals surface area (Å²) in [6, 6.07) is 4.33. The number of anilines is 1. The van der Waals surface area contributed by atoms with Crippen molar-refractivity contribution in [1.82, 2.24) is 29.9 Å². The lowest BCUT2D eigenvalue weighted by atomic mass is 9.63. The lowest BCUT2D eigenvalue weighted by molar-refractivity contribution is 0.0287. The molecule has 8 nitrogen and oxygen atoms in total. The molecule has 0 unspecified atom stereocenters. The van der Waals surface area contributed by atoms with Crippen LogP contribution in [0.2, 0.25) is 0 Å². The predicted octanol–water partition coefficient (Wildman–Crippen LogP) is 3.81. The number of rotatable bonds is 6. The standard InChI is InChI=1S/C29H45N7O/c1-33-27-24(7-8-25(31-27)36-15-4-2-3-5-16-36)26(32-33)28(37)30-23-9-17-34(18-10-23)21-22-35-19-13-29(14-20-35)11-6-12-29/h7-8,23H,2-6,9-22H2,1H3,(H,30,37). The van der Waals surface area contributed by atoms with Crippen molar-refractivity contribution in [2.24, 2.45) is 12.5 Å². The lowest BCUT2D eigenvalue weighted by Gasteiger charge is -2.48. The van der Waals surface area contributed by atoms with Crippen molar-refractivity contribution in [3.63, 3.8) is 0 Å². The van der Waals surface area contributed by atoms with Crippen LogP contribution in [-0.4, -0.2) is 88.9 Å². The smallest absolute Gasteiger partial charge is 0.272 e. The van der Waals surface area contributed by atoms with Crippen LogP contribution in [0.3, 0.4) is 0 Å². The Labute approximate surface area is 221 Å². The Balaban J connectivity index is 0.992. The summed E-state index contributed by atoms with van der Waals surface area (Å²) >= 11 is 0. The first kappa shape index (κ1) is 25.1. The minimum absolute atomic E-state index is 0.0633. The molecule has 0 atom stereocenters. The van der Waals surface area contributed by atoms with Gasteiger partial charge in [-0.25, -0.2) is 9.67 Å². The molecule has 1 saturated carbocycles. The molecule has 1 spiro atoms. The fraction of sp³-hybridized carbons (Fsp3) is 0.759. The van der Waals surface area contributed by atoms with E-state index in [-0.39, 0.29) is 11.9 Å².